The summed E-state index contributed by atoms with van der Waals surface area (Å²) in [5.74, 6) is -0.354. The van der Waals surface area contributed by atoms with E-state index in [0.29, 0.717) is 0 Å². The smallest absolute Gasteiger partial charge is 0.217 e. The minimum atomic E-state index is -0.533. The molecule has 14 heavy (non-hydrogen) atoms. The Kier molecular flexibility index (Phi) is 1.87. The summed E-state index contributed by atoms with van der Waals surface area (Å²) in [4.78, 5) is 11.0. The molecule has 0 radical (unpaired) electrons. The molecule has 0 amide bonds. The van der Waals surface area contributed by atoms with Gasteiger partial charge in [-0.3, -0.25) is 0 Å². The molecule has 0 saturated heterocycles. The molecule has 0 aliphatic heterocycles. The maximum absolute atomic E-state index is 12.5. The fraction of sp³-hybridized carbons (Fsp3) is 0. The molecule has 2 heterocycles. The Hall–Kier alpha value is -2.36. The van der Waals surface area contributed by atoms with E-state index in [2.05, 4.69) is 20.1 Å². The summed E-state index contributed by atoms with van der Waals surface area (Å²) in [6.07, 6.45) is 3.30. The second kappa shape index (κ2) is 3.18. The molecule has 0 fully saturated rings. The molecule has 2 aromatic heterocycles. The van der Waals surface area contributed by atoms with Gasteiger partial charge in [0.2, 0.25) is 0 Å². The van der Waals surface area contributed by atoms with Crippen LogP contribution in [-0.2, 0) is 0 Å². The van der Waals surface area contributed by atoms with Gasteiger partial charge in [0.05, 0.1) is 12.4 Å². The van der Waals surface area contributed by atoms with E-state index in [1.54, 1.807) is 6.07 Å². The van der Waals surface area contributed by atoms with Crippen molar-refractivity contribution in [1.29, 1.82) is 5.26 Å². The van der Waals surface area contributed by atoms with Crippen molar-refractivity contribution in [3.63, 3.8) is 0 Å². The third-order valence-electron chi connectivity index (χ3n) is 1.40. The summed E-state index contributed by atoms with van der Waals surface area (Å²) in [6, 6.07) is 1.76. The first-order valence-electron chi connectivity index (χ1n) is 3.59. The van der Waals surface area contributed by atoms with Crippen LogP contribution in [0.15, 0.2) is 18.7 Å². The highest BCUT2D eigenvalue weighted by Gasteiger charge is 2.03. The SMILES string of the molecule is N#Cc1ncn(-c2ncc(F)cn2)n1. The van der Waals surface area contributed by atoms with Crippen LogP contribution in [0, 0.1) is 17.1 Å². The molecule has 0 atom stereocenters. The lowest BCUT2D eigenvalue weighted by Crippen LogP contribution is -2.01. The number of nitriles is 1. The van der Waals surface area contributed by atoms with Gasteiger partial charge in [-0.1, -0.05) is 0 Å². The van der Waals surface area contributed by atoms with Crippen molar-refractivity contribution in [2.45, 2.75) is 0 Å². The predicted octanol–water partition coefficient (Wildman–Crippen LogP) is 0.0681. The van der Waals surface area contributed by atoms with Gasteiger partial charge < -0.3 is 0 Å². The van der Waals surface area contributed by atoms with E-state index in [1.165, 1.54) is 11.0 Å². The summed E-state index contributed by atoms with van der Waals surface area (Å²) in [5.41, 5.74) is 0. The van der Waals surface area contributed by atoms with Crippen LogP contribution < -0.4 is 0 Å². The number of hydrogen-bond donors (Lipinski definition) is 0. The molecular formula is C7H3FN6. The molecule has 0 aromatic carbocycles. The molecule has 2 aromatic rings. The van der Waals surface area contributed by atoms with E-state index in [4.69, 9.17) is 5.26 Å². The summed E-state index contributed by atoms with van der Waals surface area (Å²) in [7, 11) is 0. The largest absolute Gasteiger partial charge is 0.252 e. The minimum absolute atomic E-state index is 0.0120. The van der Waals surface area contributed by atoms with Crippen LogP contribution >= 0.6 is 0 Å². The Morgan fingerprint density at radius 1 is 1.29 bits per heavy atom. The number of hydrogen-bond acceptors (Lipinski definition) is 5. The van der Waals surface area contributed by atoms with Crippen molar-refractivity contribution < 1.29 is 4.39 Å². The molecule has 6 nitrogen and oxygen atoms in total. The first-order valence-corrected chi connectivity index (χ1v) is 3.59. The Morgan fingerprint density at radius 2 is 2.00 bits per heavy atom. The third kappa shape index (κ3) is 1.40. The van der Waals surface area contributed by atoms with Crippen molar-refractivity contribution in [3.8, 4) is 12.0 Å². The lowest BCUT2D eigenvalue weighted by atomic mass is 10.6. The second-order valence-electron chi connectivity index (χ2n) is 2.33. The summed E-state index contributed by atoms with van der Waals surface area (Å²) < 4.78 is 13.6. The summed E-state index contributed by atoms with van der Waals surface area (Å²) in [6.45, 7) is 0. The van der Waals surface area contributed by atoms with Gasteiger partial charge in [-0.2, -0.15) is 9.94 Å². The quantitative estimate of drug-likeness (QED) is 0.635. The van der Waals surface area contributed by atoms with Crippen molar-refractivity contribution in [1.82, 2.24) is 24.7 Å². The maximum Gasteiger partial charge on any atom is 0.252 e. The minimum Gasteiger partial charge on any atom is -0.217 e. The molecule has 0 saturated carbocycles. The number of aromatic nitrogens is 5. The van der Waals surface area contributed by atoms with Crippen molar-refractivity contribution in [2.75, 3.05) is 0 Å². The van der Waals surface area contributed by atoms with E-state index in [0.717, 1.165) is 12.4 Å². The van der Waals surface area contributed by atoms with Gasteiger partial charge in [0.15, 0.2) is 5.82 Å². The van der Waals surface area contributed by atoms with E-state index in [9.17, 15) is 4.39 Å². The van der Waals surface area contributed by atoms with Crippen LogP contribution in [0.1, 0.15) is 5.82 Å². The van der Waals surface area contributed by atoms with Crippen molar-refractivity contribution >= 4 is 0 Å². The molecule has 68 valence electrons. The van der Waals surface area contributed by atoms with Gasteiger partial charge in [0.1, 0.15) is 12.4 Å². The highest BCUT2D eigenvalue weighted by molar-refractivity contribution is 5.12. The van der Waals surface area contributed by atoms with E-state index >= 15 is 0 Å². The molecule has 0 N–H and O–H groups in total. The molecule has 0 aliphatic carbocycles. The average Bonchev–Trinajstić information content (AvgIpc) is 2.67. The first-order chi connectivity index (χ1) is 6.79. The lowest BCUT2D eigenvalue weighted by Gasteiger charge is -1.95. The maximum atomic E-state index is 12.5. The molecule has 0 unspecified atom stereocenters. The van der Waals surface area contributed by atoms with Crippen molar-refractivity contribution in [3.05, 3.63) is 30.4 Å². The molecule has 2 rings (SSSR count). The Labute approximate surface area is 77.7 Å². The van der Waals surface area contributed by atoms with Crippen LogP contribution in [0.4, 0.5) is 4.39 Å². The zero-order valence-corrected chi connectivity index (χ0v) is 6.79. The number of halogens is 1. The number of nitrogens with zero attached hydrogens (tertiary/aromatic N) is 6. The monoisotopic (exact) mass is 190 g/mol. The fourth-order valence-corrected chi connectivity index (χ4v) is 0.834. The van der Waals surface area contributed by atoms with Crippen LogP contribution in [-0.4, -0.2) is 24.7 Å². The van der Waals surface area contributed by atoms with Gasteiger partial charge in [-0.25, -0.2) is 19.3 Å². The van der Waals surface area contributed by atoms with Crippen LogP contribution in [0.3, 0.4) is 0 Å². The van der Waals surface area contributed by atoms with Gasteiger partial charge in [-0.05, 0) is 0 Å². The van der Waals surface area contributed by atoms with Crippen molar-refractivity contribution in [2.24, 2.45) is 0 Å². The fourth-order valence-electron chi connectivity index (χ4n) is 0.834. The van der Waals surface area contributed by atoms with Gasteiger partial charge in [0, 0.05) is 0 Å². The molecule has 0 spiro atoms. The molecule has 0 bridgehead atoms. The number of rotatable bonds is 1. The van der Waals surface area contributed by atoms with E-state index < -0.39 is 5.82 Å². The van der Waals surface area contributed by atoms with Gasteiger partial charge >= 0.3 is 0 Å². The normalized spacial score (nSPS) is 9.71. The van der Waals surface area contributed by atoms with Gasteiger partial charge in [-0.15, -0.1) is 5.10 Å². The Balaban J connectivity index is 2.40. The van der Waals surface area contributed by atoms with Gasteiger partial charge in [0.25, 0.3) is 11.8 Å². The predicted molar refractivity (Wildman–Crippen MR) is 41.6 cm³/mol. The topological polar surface area (TPSA) is 80.3 Å². The first kappa shape index (κ1) is 8.25. The van der Waals surface area contributed by atoms with E-state index in [1.807, 2.05) is 0 Å². The molecule has 0 aliphatic rings. The average molecular weight is 190 g/mol. The summed E-state index contributed by atoms with van der Waals surface area (Å²) in [5, 5.41) is 12.2. The van der Waals surface area contributed by atoms with Crippen LogP contribution in [0.25, 0.3) is 5.95 Å². The van der Waals surface area contributed by atoms with Crippen LogP contribution in [0.2, 0.25) is 0 Å². The third-order valence-corrected chi connectivity index (χ3v) is 1.40. The molecular weight excluding hydrogens is 187 g/mol. The Bertz CT molecular complexity index is 482. The lowest BCUT2D eigenvalue weighted by molar-refractivity contribution is 0.608. The summed E-state index contributed by atoms with van der Waals surface area (Å²) >= 11 is 0. The van der Waals surface area contributed by atoms with E-state index in [-0.39, 0.29) is 11.8 Å². The molecule has 7 heteroatoms. The zero-order valence-electron chi connectivity index (χ0n) is 6.79. The standard InChI is InChI=1S/C7H3FN6/c8-5-2-10-7(11-3-5)14-4-12-6(1-9)13-14/h2-4H. The zero-order chi connectivity index (χ0) is 9.97. The highest BCUT2D eigenvalue weighted by Crippen LogP contribution is 1.98. The highest BCUT2D eigenvalue weighted by atomic mass is 19.1. The Morgan fingerprint density at radius 3 is 2.57 bits per heavy atom. The van der Waals surface area contributed by atoms with Crippen LogP contribution in [0.5, 0.6) is 0 Å². The second-order valence-corrected chi connectivity index (χ2v) is 2.33.